The highest BCUT2D eigenvalue weighted by Gasteiger charge is 2.17. The predicted octanol–water partition coefficient (Wildman–Crippen LogP) is 3.28. The van der Waals surface area contributed by atoms with E-state index < -0.39 is 17.5 Å². The van der Waals surface area contributed by atoms with E-state index in [1.54, 1.807) is 32.9 Å². The van der Waals surface area contributed by atoms with E-state index in [9.17, 15) is 9.59 Å². The summed E-state index contributed by atoms with van der Waals surface area (Å²) < 4.78 is 10.3. The fourth-order valence-electron chi connectivity index (χ4n) is 1.57. The van der Waals surface area contributed by atoms with Gasteiger partial charge in [0.2, 0.25) is 0 Å². The second kappa shape index (κ2) is 7.08. The molecule has 0 spiro atoms. The van der Waals surface area contributed by atoms with Crippen molar-refractivity contribution in [1.29, 1.82) is 0 Å². The third-order valence-electron chi connectivity index (χ3n) is 2.52. The Morgan fingerprint density at radius 1 is 1.00 bits per heavy atom. The number of benzene rings is 1. The van der Waals surface area contributed by atoms with Gasteiger partial charge in [0.05, 0.1) is 12.8 Å². The molecule has 0 N–H and O–H groups in total. The molecule has 0 atom stereocenters. The zero-order valence-electron chi connectivity index (χ0n) is 12.6. The molecule has 110 valence electrons. The Balaban J connectivity index is 2.38. The number of ether oxygens (including phenoxy) is 2. The van der Waals surface area contributed by atoms with E-state index in [0.717, 1.165) is 6.42 Å². The van der Waals surface area contributed by atoms with Gasteiger partial charge in [0.15, 0.2) is 0 Å². The van der Waals surface area contributed by atoms with Crippen LogP contribution in [0.1, 0.15) is 46.1 Å². The van der Waals surface area contributed by atoms with E-state index in [4.69, 9.17) is 9.47 Å². The minimum atomic E-state index is -0.531. The van der Waals surface area contributed by atoms with Gasteiger partial charge in [-0.05, 0) is 44.9 Å². The van der Waals surface area contributed by atoms with Crippen molar-refractivity contribution in [1.82, 2.24) is 0 Å². The summed E-state index contributed by atoms with van der Waals surface area (Å²) in [6.45, 7) is 7.43. The quantitative estimate of drug-likeness (QED) is 0.612. The molecule has 0 bridgehead atoms. The van der Waals surface area contributed by atoms with Gasteiger partial charge in [-0.1, -0.05) is 19.1 Å². The molecule has 0 unspecified atom stereocenters. The lowest BCUT2D eigenvalue weighted by molar-refractivity contribution is -0.156. The van der Waals surface area contributed by atoms with Gasteiger partial charge < -0.3 is 9.47 Å². The molecule has 0 amide bonds. The zero-order valence-corrected chi connectivity index (χ0v) is 12.6. The third kappa shape index (κ3) is 6.36. The van der Waals surface area contributed by atoms with E-state index in [1.165, 1.54) is 5.56 Å². The van der Waals surface area contributed by atoms with E-state index in [0.29, 0.717) is 5.75 Å². The number of aryl methyl sites for hydroxylation is 1. The highest BCUT2D eigenvalue weighted by Crippen LogP contribution is 2.14. The second-order valence-corrected chi connectivity index (χ2v) is 5.56. The molecular weight excluding hydrogens is 256 g/mol. The summed E-state index contributed by atoms with van der Waals surface area (Å²) in [7, 11) is 0. The van der Waals surface area contributed by atoms with Gasteiger partial charge in [0.1, 0.15) is 11.4 Å². The Labute approximate surface area is 120 Å². The molecule has 1 aromatic rings. The fraction of sp³-hybridized carbons (Fsp3) is 0.500. The van der Waals surface area contributed by atoms with Crippen LogP contribution in [0.3, 0.4) is 0 Å². The van der Waals surface area contributed by atoms with Gasteiger partial charge in [-0.15, -0.1) is 0 Å². The summed E-state index contributed by atoms with van der Waals surface area (Å²) in [6.07, 6.45) is 0.987. The first-order valence-electron chi connectivity index (χ1n) is 6.81. The Kier molecular flexibility index (Phi) is 5.74. The van der Waals surface area contributed by atoms with Crippen molar-refractivity contribution in [3.05, 3.63) is 29.8 Å². The number of esters is 2. The van der Waals surface area contributed by atoms with E-state index in [2.05, 4.69) is 6.92 Å². The van der Waals surface area contributed by atoms with Gasteiger partial charge in [-0.3, -0.25) is 9.59 Å². The van der Waals surface area contributed by atoms with Crippen LogP contribution in [0, 0.1) is 0 Å². The van der Waals surface area contributed by atoms with Crippen molar-refractivity contribution in [3.8, 4) is 5.75 Å². The number of carbonyl (C=O) groups excluding carboxylic acids is 2. The summed E-state index contributed by atoms with van der Waals surface area (Å²) in [5.74, 6) is -0.327. The molecule has 0 saturated carbocycles. The summed E-state index contributed by atoms with van der Waals surface area (Å²) in [5, 5.41) is 0. The standard InChI is InChI=1S/C16H22O4/c1-5-12-6-8-13(9-7-12)19-14(17)10-11-15(18)20-16(2,3)4/h6-9H,5,10-11H2,1-4H3. The SMILES string of the molecule is CCc1ccc(OC(=O)CCC(=O)OC(C)(C)C)cc1. The van der Waals surface area contributed by atoms with Gasteiger partial charge in [0.25, 0.3) is 0 Å². The van der Waals surface area contributed by atoms with Gasteiger partial charge in [-0.25, -0.2) is 0 Å². The molecule has 0 saturated heterocycles. The summed E-state index contributed by atoms with van der Waals surface area (Å²) >= 11 is 0. The van der Waals surface area contributed by atoms with E-state index in [-0.39, 0.29) is 12.8 Å². The molecular formula is C16H22O4. The highest BCUT2D eigenvalue weighted by molar-refractivity contribution is 5.79. The number of carbonyl (C=O) groups is 2. The Hall–Kier alpha value is -1.84. The lowest BCUT2D eigenvalue weighted by Crippen LogP contribution is -2.24. The average molecular weight is 278 g/mol. The van der Waals surface area contributed by atoms with Crippen LogP contribution in [0.4, 0.5) is 0 Å². The molecule has 0 aliphatic carbocycles. The number of hydrogen-bond acceptors (Lipinski definition) is 4. The molecule has 1 aromatic carbocycles. The third-order valence-corrected chi connectivity index (χ3v) is 2.52. The van der Waals surface area contributed by atoms with Crippen LogP contribution in [0.2, 0.25) is 0 Å². The molecule has 4 nitrogen and oxygen atoms in total. The molecule has 0 aliphatic rings. The molecule has 0 aromatic heterocycles. The second-order valence-electron chi connectivity index (χ2n) is 5.56. The van der Waals surface area contributed by atoms with Crippen LogP contribution in [-0.2, 0) is 20.7 Å². The summed E-state index contributed by atoms with van der Waals surface area (Å²) in [4.78, 5) is 23.1. The Morgan fingerprint density at radius 2 is 1.55 bits per heavy atom. The van der Waals surface area contributed by atoms with Crippen LogP contribution in [-0.4, -0.2) is 17.5 Å². The molecule has 0 radical (unpaired) electrons. The van der Waals surface area contributed by atoms with E-state index >= 15 is 0 Å². The topological polar surface area (TPSA) is 52.6 Å². The molecule has 20 heavy (non-hydrogen) atoms. The van der Waals surface area contributed by atoms with Crippen molar-refractivity contribution in [3.63, 3.8) is 0 Å². The summed E-state index contributed by atoms with van der Waals surface area (Å²) in [5.41, 5.74) is 0.648. The van der Waals surface area contributed by atoms with Crippen LogP contribution >= 0.6 is 0 Å². The van der Waals surface area contributed by atoms with Crippen LogP contribution < -0.4 is 4.74 Å². The number of rotatable bonds is 5. The first kappa shape index (κ1) is 16.2. The van der Waals surface area contributed by atoms with Crippen molar-refractivity contribution >= 4 is 11.9 Å². The van der Waals surface area contributed by atoms with Crippen LogP contribution in [0.5, 0.6) is 5.75 Å². The molecule has 1 rings (SSSR count). The zero-order chi connectivity index (χ0) is 15.2. The van der Waals surface area contributed by atoms with E-state index in [1.807, 2.05) is 12.1 Å². The highest BCUT2D eigenvalue weighted by atomic mass is 16.6. The lowest BCUT2D eigenvalue weighted by atomic mass is 10.2. The maximum Gasteiger partial charge on any atom is 0.311 e. The smallest absolute Gasteiger partial charge is 0.311 e. The first-order valence-corrected chi connectivity index (χ1v) is 6.81. The molecule has 0 fully saturated rings. The molecule has 0 aliphatic heterocycles. The molecule has 4 heteroatoms. The maximum absolute atomic E-state index is 11.6. The van der Waals surface area contributed by atoms with Gasteiger partial charge in [-0.2, -0.15) is 0 Å². The Morgan fingerprint density at radius 3 is 2.05 bits per heavy atom. The summed E-state index contributed by atoms with van der Waals surface area (Å²) in [6, 6.07) is 7.33. The largest absolute Gasteiger partial charge is 0.460 e. The lowest BCUT2D eigenvalue weighted by Gasteiger charge is -2.19. The Bertz CT molecular complexity index is 454. The van der Waals surface area contributed by atoms with Crippen molar-refractivity contribution in [2.24, 2.45) is 0 Å². The predicted molar refractivity (Wildman–Crippen MR) is 76.5 cm³/mol. The van der Waals surface area contributed by atoms with Crippen LogP contribution in [0.25, 0.3) is 0 Å². The minimum Gasteiger partial charge on any atom is -0.460 e. The van der Waals surface area contributed by atoms with Gasteiger partial charge >= 0.3 is 11.9 Å². The minimum absolute atomic E-state index is 0.0183. The van der Waals surface area contributed by atoms with Crippen molar-refractivity contribution in [2.45, 2.75) is 52.6 Å². The fourth-order valence-corrected chi connectivity index (χ4v) is 1.57. The normalized spacial score (nSPS) is 11.0. The molecule has 0 heterocycles. The average Bonchev–Trinajstić information content (AvgIpc) is 2.35. The monoisotopic (exact) mass is 278 g/mol. The van der Waals surface area contributed by atoms with Gasteiger partial charge in [0, 0.05) is 0 Å². The maximum atomic E-state index is 11.6. The van der Waals surface area contributed by atoms with Crippen molar-refractivity contribution < 1.29 is 19.1 Å². The van der Waals surface area contributed by atoms with Crippen LogP contribution in [0.15, 0.2) is 24.3 Å². The first-order chi connectivity index (χ1) is 9.30. The number of hydrogen-bond donors (Lipinski definition) is 0. The van der Waals surface area contributed by atoms with Crippen molar-refractivity contribution in [2.75, 3.05) is 0 Å².